The summed E-state index contributed by atoms with van der Waals surface area (Å²) < 4.78 is 66.1. The molecule has 0 saturated carbocycles. The second-order valence-electron chi connectivity index (χ2n) is 4.05. The van der Waals surface area contributed by atoms with Crippen molar-refractivity contribution in [1.29, 1.82) is 0 Å². The maximum Gasteiger partial charge on any atom is 0.200 e. The lowest BCUT2D eigenvalue weighted by Crippen LogP contribution is -2.10. The first-order valence-electron chi connectivity index (χ1n) is 5.56. The summed E-state index contributed by atoms with van der Waals surface area (Å²) in [6.45, 7) is -0.330. The van der Waals surface area contributed by atoms with Crippen molar-refractivity contribution in [3.05, 3.63) is 57.3 Å². The van der Waals surface area contributed by atoms with Crippen molar-refractivity contribution in [3.63, 3.8) is 0 Å². The van der Waals surface area contributed by atoms with Gasteiger partial charge in [0.05, 0.1) is 4.47 Å². The largest absolute Gasteiger partial charge is 0.506 e. The summed E-state index contributed by atoms with van der Waals surface area (Å²) in [7, 11) is 0. The van der Waals surface area contributed by atoms with Crippen LogP contribution in [0.5, 0.6) is 5.75 Å². The van der Waals surface area contributed by atoms with Crippen LogP contribution in [-0.2, 0) is 6.54 Å². The quantitative estimate of drug-likeness (QED) is 0.476. The Labute approximate surface area is 124 Å². The molecule has 112 valence electrons. The second-order valence-corrected chi connectivity index (χ2v) is 4.90. The Kier molecular flexibility index (Phi) is 4.36. The van der Waals surface area contributed by atoms with Gasteiger partial charge >= 0.3 is 0 Å². The highest BCUT2D eigenvalue weighted by molar-refractivity contribution is 9.10. The van der Waals surface area contributed by atoms with Crippen LogP contribution in [0.4, 0.5) is 27.6 Å². The average Bonchev–Trinajstić information content (AvgIpc) is 2.47. The van der Waals surface area contributed by atoms with Crippen LogP contribution in [0.1, 0.15) is 5.56 Å². The van der Waals surface area contributed by atoms with Crippen LogP contribution in [0.25, 0.3) is 0 Å². The molecule has 2 rings (SSSR count). The average molecular weight is 368 g/mol. The lowest BCUT2D eigenvalue weighted by atomic mass is 10.2. The van der Waals surface area contributed by atoms with E-state index < -0.39 is 34.8 Å². The number of phenolic OH excluding ortho intramolecular Hbond substituents is 1. The lowest BCUT2D eigenvalue weighted by Gasteiger charge is -2.12. The Morgan fingerprint density at radius 1 is 0.905 bits per heavy atom. The first-order valence-corrected chi connectivity index (χ1v) is 6.35. The fraction of sp³-hybridized carbons (Fsp3) is 0.0769. The van der Waals surface area contributed by atoms with E-state index in [0.717, 1.165) is 0 Å². The highest BCUT2D eigenvalue weighted by Gasteiger charge is 2.25. The van der Waals surface area contributed by atoms with E-state index >= 15 is 0 Å². The fourth-order valence-electron chi connectivity index (χ4n) is 1.65. The molecule has 0 unspecified atom stereocenters. The van der Waals surface area contributed by atoms with Crippen LogP contribution in [-0.4, -0.2) is 5.11 Å². The molecule has 0 aliphatic rings. The molecule has 0 saturated heterocycles. The van der Waals surface area contributed by atoms with Gasteiger partial charge in [0.25, 0.3) is 0 Å². The summed E-state index contributed by atoms with van der Waals surface area (Å²) in [6.07, 6.45) is 0. The van der Waals surface area contributed by atoms with Crippen molar-refractivity contribution < 1.29 is 27.1 Å². The van der Waals surface area contributed by atoms with E-state index in [9.17, 15) is 27.1 Å². The van der Waals surface area contributed by atoms with E-state index in [0.29, 0.717) is 4.47 Å². The third-order valence-electron chi connectivity index (χ3n) is 2.74. The van der Waals surface area contributed by atoms with Gasteiger partial charge in [-0.15, -0.1) is 0 Å². The topological polar surface area (TPSA) is 32.3 Å². The maximum atomic E-state index is 13.4. The summed E-state index contributed by atoms with van der Waals surface area (Å²) in [5, 5.41) is 11.8. The van der Waals surface area contributed by atoms with Crippen molar-refractivity contribution in [2.24, 2.45) is 0 Å². The number of phenols is 1. The molecule has 2 N–H and O–H groups in total. The number of halogens is 6. The number of hydrogen-bond acceptors (Lipinski definition) is 2. The number of para-hydroxylation sites is 1. The van der Waals surface area contributed by atoms with Crippen LogP contribution in [0.3, 0.4) is 0 Å². The Morgan fingerprint density at radius 2 is 1.43 bits per heavy atom. The molecule has 0 heterocycles. The molecule has 0 spiro atoms. The summed E-state index contributed by atoms with van der Waals surface area (Å²) in [4.78, 5) is 0. The highest BCUT2D eigenvalue weighted by atomic mass is 79.9. The number of benzene rings is 2. The molecule has 8 heteroatoms. The van der Waals surface area contributed by atoms with Gasteiger partial charge in [0.2, 0.25) is 5.82 Å². The van der Waals surface area contributed by atoms with Crippen LogP contribution >= 0.6 is 15.9 Å². The first-order chi connectivity index (χ1) is 9.84. The molecule has 0 aromatic heterocycles. The van der Waals surface area contributed by atoms with Gasteiger partial charge in [0, 0.05) is 12.1 Å². The molecular weight excluding hydrogens is 361 g/mol. The summed E-state index contributed by atoms with van der Waals surface area (Å²) >= 11 is 3.04. The van der Waals surface area contributed by atoms with Gasteiger partial charge in [0.15, 0.2) is 23.3 Å². The second kappa shape index (κ2) is 5.88. The van der Waals surface area contributed by atoms with Crippen LogP contribution in [0.2, 0.25) is 0 Å². The first kappa shape index (κ1) is 15.6. The van der Waals surface area contributed by atoms with Gasteiger partial charge < -0.3 is 10.4 Å². The minimum Gasteiger partial charge on any atom is -0.506 e. The Bertz CT molecular complexity index is 678. The Balaban J connectivity index is 2.35. The number of aromatic hydroxyl groups is 1. The van der Waals surface area contributed by atoms with E-state index in [1.807, 2.05) is 0 Å². The normalized spacial score (nSPS) is 10.8. The van der Waals surface area contributed by atoms with Crippen LogP contribution in [0.15, 0.2) is 22.7 Å². The zero-order valence-electron chi connectivity index (χ0n) is 10.2. The predicted octanol–water partition coefficient (Wildman–Crippen LogP) is 4.46. The van der Waals surface area contributed by atoms with Crippen molar-refractivity contribution in [3.8, 4) is 5.75 Å². The molecule has 0 bridgehead atoms. The van der Waals surface area contributed by atoms with Crippen molar-refractivity contribution in [1.82, 2.24) is 0 Å². The number of anilines is 1. The lowest BCUT2D eigenvalue weighted by molar-refractivity contribution is 0.381. The van der Waals surface area contributed by atoms with E-state index in [2.05, 4.69) is 21.2 Å². The van der Waals surface area contributed by atoms with Gasteiger partial charge in [-0.3, -0.25) is 0 Å². The number of rotatable bonds is 3. The van der Waals surface area contributed by atoms with Gasteiger partial charge in [-0.25, -0.2) is 22.0 Å². The van der Waals surface area contributed by atoms with E-state index in [-0.39, 0.29) is 17.9 Å². The third-order valence-corrected chi connectivity index (χ3v) is 3.38. The molecule has 0 fully saturated rings. The van der Waals surface area contributed by atoms with Gasteiger partial charge in [-0.2, -0.15) is 0 Å². The Hall–Kier alpha value is -1.83. The predicted molar refractivity (Wildman–Crippen MR) is 69.4 cm³/mol. The highest BCUT2D eigenvalue weighted by Crippen LogP contribution is 2.30. The summed E-state index contributed by atoms with van der Waals surface area (Å²) in [6, 6.07) is 4.50. The molecule has 0 amide bonds. The molecule has 0 atom stereocenters. The van der Waals surface area contributed by atoms with E-state index in [4.69, 9.17) is 0 Å². The minimum atomic E-state index is -2.22. The van der Waals surface area contributed by atoms with Crippen molar-refractivity contribution >= 4 is 21.6 Å². The summed E-state index contributed by atoms with van der Waals surface area (Å²) in [5.74, 6) is -10.4. The van der Waals surface area contributed by atoms with Crippen molar-refractivity contribution in [2.75, 3.05) is 5.32 Å². The number of hydrogen-bond donors (Lipinski definition) is 2. The van der Waals surface area contributed by atoms with Crippen LogP contribution in [0, 0.1) is 29.1 Å². The van der Waals surface area contributed by atoms with Crippen molar-refractivity contribution in [2.45, 2.75) is 6.54 Å². The third kappa shape index (κ3) is 2.80. The van der Waals surface area contributed by atoms with E-state index in [1.54, 1.807) is 6.07 Å². The molecule has 21 heavy (non-hydrogen) atoms. The molecule has 2 aromatic carbocycles. The smallest absolute Gasteiger partial charge is 0.200 e. The number of nitrogens with one attached hydrogen (secondary N) is 1. The van der Waals surface area contributed by atoms with Gasteiger partial charge in [-0.1, -0.05) is 12.1 Å². The maximum absolute atomic E-state index is 13.4. The standard InChI is InChI=1S/C13H7BrF5NO/c14-6-3-1-2-5(13(6)21)4-20-12-10(18)8(16)7(15)9(17)11(12)19/h1-3,20-21H,4H2. The van der Waals surface area contributed by atoms with Crippen LogP contribution < -0.4 is 5.32 Å². The summed E-state index contributed by atoms with van der Waals surface area (Å²) in [5.41, 5.74) is -0.931. The fourth-order valence-corrected chi connectivity index (χ4v) is 2.05. The molecule has 2 aromatic rings. The molecular formula is C13H7BrF5NO. The molecule has 0 radical (unpaired) electrons. The zero-order valence-corrected chi connectivity index (χ0v) is 11.7. The van der Waals surface area contributed by atoms with Gasteiger partial charge in [0.1, 0.15) is 11.4 Å². The zero-order chi connectivity index (χ0) is 15.7. The minimum absolute atomic E-state index is 0.200. The molecule has 2 nitrogen and oxygen atoms in total. The monoisotopic (exact) mass is 367 g/mol. The van der Waals surface area contributed by atoms with Gasteiger partial charge in [-0.05, 0) is 22.0 Å². The van der Waals surface area contributed by atoms with E-state index in [1.165, 1.54) is 12.1 Å². The molecule has 0 aliphatic heterocycles. The SMILES string of the molecule is Oc1c(Br)cccc1CNc1c(F)c(F)c(F)c(F)c1F. The molecule has 0 aliphatic carbocycles. The Morgan fingerprint density at radius 3 is 2.00 bits per heavy atom.